The fourth-order valence-corrected chi connectivity index (χ4v) is 1.64. The van der Waals surface area contributed by atoms with E-state index < -0.39 is 0 Å². The van der Waals surface area contributed by atoms with Crippen molar-refractivity contribution in [1.29, 1.82) is 0 Å². The predicted octanol–water partition coefficient (Wildman–Crippen LogP) is 2.12. The van der Waals surface area contributed by atoms with Gasteiger partial charge in [-0.15, -0.1) is 0 Å². The molecule has 2 atom stereocenters. The van der Waals surface area contributed by atoms with Crippen molar-refractivity contribution in [3.05, 3.63) is 0 Å². The Kier molecular flexibility index (Phi) is 4.93. The number of likely N-dealkylation sites (N-methyl/N-ethyl adjacent to an activating group) is 1. The van der Waals surface area contributed by atoms with Crippen LogP contribution in [0.4, 0.5) is 0 Å². The lowest BCUT2D eigenvalue weighted by atomic mass is 9.83. The Hall–Kier alpha value is -0.0800. The molecule has 2 unspecified atom stereocenters. The summed E-state index contributed by atoms with van der Waals surface area (Å²) in [5.41, 5.74) is -0.0804. The van der Waals surface area contributed by atoms with Crippen molar-refractivity contribution in [2.75, 3.05) is 13.7 Å². The van der Waals surface area contributed by atoms with Crippen molar-refractivity contribution < 1.29 is 5.11 Å². The Labute approximate surface area is 82.9 Å². The summed E-state index contributed by atoms with van der Waals surface area (Å²) < 4.78 is 0. The molecule has 0 rings (SSSR count). The Morgan fingerprint density at radius 3 is 2.00 bits per heavy atom. The molecule has 80 valence electrons. The molecule has 0 fully saturated rings. The molecule has 2 heteroatoms. The molecule has 0 saturated carbocycles. The molecule has 0 aliphatic heterocycles. The monoisotopic (exact) mass is 187 g/mol. The van der Waals surface area contributed by atoms with E-state index in [4.69, 9.17) is 0 Å². The maximum absolute atomic E-state index is 9.46. The van der Waals surface area contributed by atoms with Gasteiger partial charge in [-0.05, 0) is 33.7 Å². The lowest BCUT2D eigenvalue weighted by Gasteiger charge is -2.44. The van der Waals surface area contributed by atoms with E-state index in [9.17, 15) is 5.11 Å². The SMILES string of the molecule is CCC(C)C(C)(CO)N(C)C(C)C. The van der Waals surface area contributed by atoms with Gasteiger partial charge in [-0.1, -0.05) is 20.3 Å². The molecule has 0 saturated heterocycles. The number of hydrogen-bond donors (Lipinski definition) is 1. The molecule has 0 aliphatic carbocycles. The van der Waals surface area contributed by atoms with E-state index >= 15 is 0 Å². The molecule has 0 aromatic rings. The molecular formula is C11H25NO. The molecule has 0 radical (unpaired) electrons. The van der Waals surface area contributed by atoms with E-state index in [-0.39, 0.29) is 12.1 Å². The fourth-order valence-electron chi connectivity index (χ4n) is 1.64. The van der Waals surface area contributed by atoms with Gasteiger partial charge in [0.15, 0.2) is 0 Å². The first-order valence-electron chi connectivity index (χ1n) is 5.23. The van der Waals surface area contributed by atoms with Gasteiger partial charge in [-0.25, -0.2) is 0 Å². The number of aliphatic hydroxyl groups is 1. The Balaban J connectivity index is 4.61. The summed E-state index contributed by atoms with van der Waals surface area (Å²) >= 11 is 0. The molecule has 2 nitrogen and oxygen atoms in total. The van der Waals surface area contributed by atoms with Crippen LogP contribution in [0, 0.1) is 5.92 Å². The largest absolute Gasteiger partial charge is 0.394 e. The molecule has 1 N–H and O–H groups in total. The van der Waals surface area contributed by atoms with Gasteiger partial charge in [0.2, 0.25) is 0 Å². The van der Waals surface area contributed by atoms with Crippen molar-refractivity contribution >= 4 is 0 Å². The van der Waals surface area contributed by atoms with E-state index in [1.807, 2.05) is 0 Å². The average Bonchev–Trinajstić information content (AvgIpc) is 2.13. The van der Waals surface area contributed by atoms with Gasteiger partial charge in [0.1, 0.15) is 0 Å². The summed E-state index contributed by atoms with van der Waals surface area (Å²) in [5.74, 6) is 0.518. The quantitative estimate of drug-likeness (QED) is 0.712. The Morgan fingerprint density at radius 1 is 1.31 bits per heavy atom. The minimum absolute atomic E-state index is 0.0804. The van der Waals surface area contributed by atoms with Gasteiger partial charge in [0, 0.05) is 11.6 Å². The molecule has 0 aromatic carbocycles. The zero-order chi connectivity index (χ0) is 10.6. The minimum atomic E-state index is -0.0804. The summed E-state index contributed by atoms with van der Waals surface area (Å²) in [5, 5.41) is 9.46. The first-order valence-corrected chi connectivity index (χ1v) is 5.23. The van der Waals surface area contributed by atoms with Gasteiger partial charge in [0.05, 0.1) is 6.61 Å². The normalized spacial score (nSPS) is 19.2. The highest BCUT2D eigenvalue weighted by atomic mass is 16.3. The molecule has 0 spiro atoms. The van der Waals surface area contributed by atoms with Crippen molar-refractivity contribution in [3.8, 4) is 0 Å². The van der Waals surface area contributed by atoms with Crippen molar-refractivity contribution in [1.82, 2.24) is 4.90 Å². The summed E-state index contributed by atoms with van der Waals surface area (Å²) in [4.78, 5) is 2.27. The Morgan fingerprint density at radius 2 is 1.77 bits per heavy atom. The van der Waals surface area contributed by atoms with Gasteiger partial charge in [0.25, 0.3) is 0 Å². The molecule has 0 heterocycles. The lowest BCUT2D eigenvalue weighted by molar-refractivity contribution is 0.000346. The predicted molar refractivity (Wildman–Crippen MR) is 57.8 cm³/mol. The summed E-state index contributed by atoms with van der Waals surface area (Å²) in [6.07, 6.45) is 1.11. The van der Waals surface area contributed by atoms with Crippen LogP contribution in [0.25, 0.3) is 0 Å². The van der Waals surface area contributed by atoms with Crippen LogP contribution in [0.1, 0.15) is 41.0 Å². The summed E-state index contributed by atoms with van der Waals surface area (Å²) in [7, 11) is 2.09. The molecule has 0 aromatic heterocycles. The summed E-state index contributed by atoms with van der Waals surface area (Å²) in [6.45, 7) is 11.1. The van der Waals surface area contributed by atoms with Crippen LogP contribution < -0.4 is 0 Å². The highest BCUT2D eigenvalue weighted by Gasteiger charge is 2.34. The van der Waals surface area contributed by atoms with Gasteiger partial charge in [-0.3, -0.25) is 4.90 Å². The highest BCUT2D eigenvalue weighted by molar-refractivity contribution is 4.89. The van der Waals surface area contributed by atoms with Gasteiger partial charge < -0.3 is 5.11 Å². The topological polar surface area (TPSA) is 23.5 Å². The van der Waals surface area contributed by atoms with Gasteiger partial charge >= 0.3 is 0 Å². The summed E-state index contributed by atoms with van der Waals surface area (Å²) in [6, 6.07) is 0.478. The van der Waals surface area contributed by atoms with Crippen LogP contribution in [-0.2, 0) is 0 Å². The second kappa shape index (κ2) is 4.97. The Bertz CT molecular complexity index is 147. The molecule has 0 bridgehead atoms. The smallest absolute Gasteiger partial charge is 0.0615 e. The molecule has 0 amide bonds. The van der Waals surface area contributed by atoms with Crippen LogP contribution >= 0.6 is 0 Å². The zero-order valence-corrected chi connectivity index (χ0v) is 9.96. The lowest BCUT2D eigenvalue weighted by Crippen LogP contribution is -2.54. The third-order valence-electron chi connectivity index (χ3n) is 3.57. The van der Waals surface area contributed by atoms with Gasteiger partial charge in [-0.2, -0.15) is 0 Å². The van der Waals surface area contributed by atoms with Crippen LogP contribution in [0.3, 0.4) is 0 Å². The first-order chi connectivity index (χ1) is 5.90. The molecular weight excluding hydrogens is 162 g/mol. The zero-order valence-electron chi connectivity index (χ0n) is 9.96. The standard InChI is InChI=1S/C11H25NO/c1-7-10(4)11(5,8-13)12(6)9(2)3/h9-10,13H,7-8H2,1-6H3. The average molecular weight is 187 g/mol. The second-order valence-electron chi connectivity index (χ2n) is 4.53. The number of hydrogen-bond acceptors (Lipinski definition) is 2. The van der Waals surface area contributed by atoms with Crippen LogP contribution in [-0.4, -0.2) is 35.2 Å². The third-order valence-corrected chi connectivity index (χ3v) is 3.57. The maximum Gasteiger partial charge on any atom is 0.0615 e. The van der Waals surface area contributed by atoms with E-state index in [2.05, 4.69) is 46.6 Å². The van der Waals surface area contributed by atoms with Crippen molar-refractivity contribution in [3.63, 3.8) is 0 Å². The second-order valence-corrected chi connectivity index (χ2v) is 4.53. The highest BCUT2D eigenvalue weighted by Crippen LogP contribution is 2.27. The number of rotatable bonds is 5. The number of aliphatic hydroxyl groups excluding tert-OH is 1. The van der Waals surface area contributed by atoms with Crippen molar-refractivity contribution in [2.24, 2.45) is 5.92 Å². The van der Waals surface area contributed by atoms with Crippen LogP contribution in [0.5, 0.6) is 0 Å². The van der Waals surface area contributed by atoms with Crippen LogP contribution in [0.15, 0.2) is 0 Å². The first kappa shape index (κ1) is 12.9. The molecule has 13 heavy (non-hydrogen) atoms. The van der Waals surface area contributed by atoms with Crippen molar-refractivity contribution in [2.45, 2.75) is 52.6 Å². The van der Waals surface area contributed by atoms with E-state index in [1.54, 1.807) is 0 Å². The maximum atomic E-state index is 9.46. The fraction of sp³-hybridized carbons (Fsp3) is 1.00. The van der Waals surface area contributed by atoms with E-state index in [0.29, 0.717) is 12.0 Å². The third kappa shape index (κ3) is 2.68. The minimum Gasteiger partial charge on any atom is -0.394 e. The van der Waals surface area contributed by atoms with E-state index in [0.717, 1.165) is 6.42 Å². The number of nitrogens with zero attached hydrogens (tertiary/aromatic N) is 1. The van der Waals surface area contributed by atoms with E-state index in [1.165, 1.54) is 0 Å². The molecule has 0 aliphatic rings. The van der Waals surface area contributed by atoms with Crippen LogP contribution in [0.2, 0.25) is 0 Å².